The monoisotopic (exact) mass is 396 g/mol. The number of halogens is 1. The maximum Gasteiger partial charge on any atom is 0.269 e. The van der Waals surface area contributed by atoms with E-state index in [1.165, 1.54) is 23.9 Å². The first-order chi connectivity index (χ1) is 12.0. The number of nitro benzene ring substituents is 1. The molecule has 0 unspecified atom stereocenters. The zero-order valence-electron chi connectivity index (χ0n) is 13.3. The summed E-state index contributed by atoms with van der Waals surface area (Å²) in [6.45, 7) is 0.601. The first-order valence-electron chi connectivity index (χ1n) is 7.51. The summed E-state index contributed by atoms with van der Waals surface area (Å²) in [6, 6.07) is 14.0. The molecule has 132 valence electrons. The fourth-order valence-corrected chi connectivity index (χ4v) is 3.63. The van der Waals surface area contributed by atoms with Gasteiger partial charge in [-0.1, -0.05) is 23.7 Å². The van der Waals surface area contributed by atoms with Crippen molar-refractivity contribution in [2.45, 2.75) is 10.6 Å². The topological polar surface area (TPSA) is 72.2 Å². The normalized spacial score (nSPS) is 10.4. The lowest BCUT2D eigenvalue weighted by Gasteiger charge is -2.06. The van der Waals surface area contributed by atoms with Gasteiger partial charge in [-0.25, -0.2) is 0 Å². The van der Waals surface area contributed by atoms with E-state index in [0.29, 0.717) is 23.1 Å². The van der Waals surface area contributed by atoms with Gasteiger partial charge in [0.1, 0.15) is 0 Å². The number of carbonyl (C=O) groups excluding carboxylic acids is 1. The van der Waals surface area contributed by atoms with Crippen molar-refractivity contribution in [2.24, 2.45) is 0 Å². The molecular formula is C17H17ClN2O3S2. The second-order valence-electron chi connectivity index (χ2n) is 5.07. The summed E-state index contributed by atoms with van der Waals surface area (Å²) in [7, 11) is 0. The van der Waals surface area contributed by atoms with Crippen LogP contribution in [0.5, 0.6) is 0 Å². The Balaban J connectivity index is 1.59. The lowest BCUT2D eigenvalue weighted by atomic mass is 10.2. The molecular weight excluding hydrogens is 380 g/mol. The Bertz CT molecular complexity index is 709. The molecule has 0 saturated carbocycles. The van der Waals surface area contributed by atoms with Gasteiger partial charge in [0, 0.05) is 40.1 Å². The van der Waals surface area contributed by atoms with Gasteiger partial charge in [0.05, 0.1) is 10.7 Å². The predicted octanol–water partition coefficient (Wildman–Crippen LogP) is 4.39. The van der Waals surface area contributed by atoms with Gasteiger partial charge in [0.15, 0.2) is 0 Å². The molecule has 0 aliphatic heterocycles. The predicted molar refractivity (Wildman–Crippen MR) is 104 cm³/mol. The highest BCUT2D eigenvalue weighted by Gasteiger charge is 2.05. The van der Waals surface area contributed by atoms with Crippen LogP contribution in [0.4, 0.5) is 5.69 Å². The van der Waals surface area contributed by atoms with Crippen LogP contribution in [0.25, 0.3) is 0 Å². The number of benzene rings is 2. The Morgan fingerprint density at radius 2 is 1.80 bits per heavy atom. The number of hydrogen-bond donors (Lipinski definition) is 1. The summed E-state index contributed by atoms with van der Waals surface area (Å²) in [5, 5.41) is 14.2. The van der Waals surface area contributed by atoms with Crippen molar-refractivity contribution in [3.8, 4) is 0 Å². The zero-order chi connectivity index (χ0) is 18.1. The molecule has 0 bridgehead atoms. The quantitative estimate of drug-likeness (QED) is 0.294. The SMILES string of the molecule is O=C(CSCc1ccc([N+](=O)[O-])cc1)NCCSc1ccc(Cl)cc1. The highest BCUT2D eigenvalue weighted by atomic mass is 35.5. The van der Waals surface area contributed by atoms with Gasteiger partial charge >= 0.3 is 0 Å². The third-order valence-electron chi connectivity index (χ3n) is 3.16. The Hall–Kier alpha value is -1.70. The molecule has 0 heterocycles. The van der Waals surface area contributed by atoms with Gasteiger partial charge < -0.3 is 5.32 Å². The van der Waals surface area contributed by atoms with Crippen LogP contribution < -0.4 is 5.32 Å². The minimum Gasteiger partial charge on any atom is -0.355 e. The molecule has 0 aliphatic carbocycles. The summed E-state index contributed by atoms with van der Waals surface area (Å²) in [6.07, 6.45) is 0. The van der Waals surface area contributed by atoms with Gasteiger partial charge in [0.2, 0.25) is 5.91 Å². The van der Waals surface area contributed by atoms with E-state index in [1.807, 2.05) is 24.3 Å². The summed E-state index contributed by atoms with van der Waals surface area (Å²) in [5.41, 5.74) is 1.03. The van der Waals surface area contributed by atoms with Crippen LogP contribution in [-0.2, 0) is 10.5 Å². The van der Waals surface area contributed by atoms with Crippen LogP contribution in [0.1, 0.15) is 5.56 Å². The summed E-state index contributed by atoms with van der Waals surface area (Å²) < 4.78 is 0. The second kappa shape index (κ2) is 10.3. The van der Waals surface area contributed by atoms with E-state index in [4.69, 9.17) is 11.6 Å². The zero-order valence-corrected chi connectivity index (χ0v) is 15.7. The average Bonchev–Trinajstić information content (AvgIpc) is 2.61. The van der Waals surface area contributed by atoms with Crippen LogP contribution in [0.15, 0.2) is 53.4 Å². The van der Waals surface area contributed by atoms with Crippen molar-refractivity contribution >= 4 is 46.7 Å². The molecule has 0 atom stereocenters. The average molecular weight is 397 g/mol. The molecule has 0 spiro atoms. The van der Waals surface area contributed by atoms with Crippen LogP contribution in [0, 0.1) is 10.1 Å². The Kier molecular flexibility index (Phi) is 8.11. The number of amides is 1. The van der Waals surface area contributed by atoms with Gasteiger partial charge in [-0.05, 0) is 29.8 Å². The van der Waals surface area contributed by atoms with Gasteiger partial charge in [-0.3, -0.25) is 14.9 Å². The first kappa shape index (κ1) is 19.6. The number of carbonyl (C=O) groups is 1. The number of rotatable bonds is 9. The number of nitro groups is 1. The molecule has 8 heteroatoms. The second-order valence-corrected chi connectivity index (χ2v) is 7.66. The van der Waals surface area contributed by atoms with E-state index in [2.05, 4.69) is 5.32 Å². The third kappa shape index (κ3) is 7.37. The number of nitrogens with one attached hydrogen (secondary N) is 1. The van der Waals surface area contributed by atoms with Crippen LogP contribution in [0.2, 0.25) is 5.02 Å². The lowest BCUT2D eigenvalue weighted by Crippen LogP contribution is -2.27. The number of hydrogen-bond acceptors (Lipinski definition) is 5. The molecule has 1 amide bonds. The molecule has 5 nitrogen and oxygen atoms in total. The lowest BCUT2D eigenvalue weighted by molar-refractivity contribution is -0.384. The minimum atomic E-state index is -0.424. The van der Waals surface area contributed by atoms with Crippen molar-refractivity contribution in [1.82, 2.24) is 5.32 Å². The summed E-state index contributed by atoms with van der Waals surface area (Å²) in [4.78, 5) is 23.1. The van der Waals surface area contributed by atoms with Crippen LogP contribution in [0.3, 0.4) is 0 Å². The van der Waals surface area contributed by atoms with Crippen LogP contribution >= 0.6 is 35.1 Å². The van der Waals surface area contributed by atoms with Crippen LogP contribution in [-0.4, -0.2) is 28.9 Å². The van der Waals surface area contributed by atoms with Gasteiger partial charge in [0.25, 0.3) is 5.69 Å². The smallest absolute Gasteiger partial charge is 0.269 e. The number of non-ortho nitro benzene ring substituents is 1. The van der Waals surface area contributed by atoms with Gasteiger partial charge in [-0.15, -0.1) is 23.5 Å². The highest BCUT2D eigenvalue weighted by molar-refractivity contribution is 7.99. The molecule has 25 heavy (non-hydrogen) atoms. The van der Waals surface area contributed by atoms with E-state index >= 15 is 0 Å². The van der Waals surface area contributed by atoms with Gasteiger partial charge in [-0.2, -0.15) is 0 Å². The number of nitrogens with zero attached hydrogens (tertiary/aromatic N) is 1. The first-order valence-corrected chi connectivity index (χ1v) is 10.0. The summed E-state index contributed by atoms with van der Waals surface area (Å²) in [5.74, 6) is 1.79. The highest BCUT2D eigenvalue weighted by Crippen LogP contribution is 2.20. The Labute approximate surface area is 159 Å². The van der Waals surface area contributed by atoms with Crippen molar-refractivity contribution < 1.29 is 9.72 Å². The third-order valence-corrected chi connectivity index (χ3v) is 5.43. The van der Waals surface area contributed by atoms with Crippen molar-refractivity contribution in [3.05, 3.63) is 69.2 Å². The molecule has 1 N–H and O–H groups in total. The Morgan fingerprint density at radius 1 is 1.12 bits per heavy atom. The molecule has 0 radical (unpaired) electrons. The molecule has 2 rings (SSSR count). The minimum absolute atomic E-state index is 0.0105. The van der Waals surface area contributed by atoms with Crippen molar-refractivity contribution in [1.29, 1.82) is 0 Å². The molecule has 0 fully saturated rings. The van der Waals surface area contributed by atoms with E-state index in [9.17, 15) is 14.9 Å². The molecule has 2 aromatic rings. The van der Waals surface area contributed by atoms with Crippen molar-refractivity contribution in [3.63, 3.8) is 0 Å². The van der Waals surface area contributed by atoms with E-state index in [1.54, 1.807) is 23.9 Å². The van der Waals surface area contributed by atoms with E-state index < -0.39 is 4.92 Å². The largest absolute Gasteiger partial charge is 0.355 e. The van der Waals surface area contributed by atoms with E-state index in [0.717, 1.165) is 16.2 Å². The fraction of sp³-hybridized carbons (Fsp3) is 0.235. The summed E-state index contributed by atoms with van der Waals surface area (Å²) >= 11 is 8.97. The maximum atomic E-state index is 11.8. The standard InChI is InChI=1S/C17H17ClN2O3S2/c18-14-3-7-16(8-4-14)25-10-9-19-17(21)12-24-11-13-1-5-15(6-2-13)20(22)23/h1-8H,9-12H2,(H,19,21). The Morgan fingerprint density at radius 3 is 2.44 bits per heavy atom. The molecule has 2 aromatic carbocycles. The van der Waals surface area contributed by atoms with E-state index in [-0.39, 0.29) is 11.6 Å². The van der Waals surface area contributed by atoms with Crippen molar-refractivity contribution in [2.75, 3.05) is 18.1 Å². The fourth-order valence-electron chi connectivity index (χ4n) is 1.92. The maximum absolute atomic E-state index is 11.8. The number of thioether (sulfide) groups is 2. The molecule has 0 saturated heterocycles. The molecule has 0 aliphatic rings. The molecule has 0 aromatic heterocycles.